The molecule has 0 unspecified atom stereocenters. The summed E-state index contributed by atoms with van der Waals surface area (Å²) in [5.41, 5.74) is 1.79. The number of benzene rings is 2. The van der Waals surface area contributed by atoms with E-state index in [0.717, 1.165) is 17.7 Å². The van der Waals surface area contributed by atoms with Gasteiger partial charge >= 0.3 is 5.97 Å². The molecule has 2 N–H and O–H groups in total. The van der Waals surface area contributed by atoms with Crippen molar-refractivity contribution in [3.63, 3.8) is 0 Å². The van der Waals surface area contributed by atoms with Crippen LogP contribution in [0.3, 0.4) is 0 Å². The molecule has 0 aliphatic rings. The van der Waals surface area contributed by atoms with Crippen molar-refractivity contribution in [3.05, 3.63) is 54.1 Å². The SMILES string of the molecule is CCCOC(=O)c1cccc(NC(=O)CSc2n[nH]c(-c3ccc(OC)cc3)n2)c1. The van der Waals surface area contributed by atoms with Gasteiger partial charge in [-0.25, -0.2) is 9.78 Å². The summed E-state index contributed by atoms with van der Waals surface area (Å²) in [7, 11) is 1.61. The van der Waals surface area contributed by atoms with Crippen molar-refractivity contribution in [1.82, 2.24) is 15.2 Å². The lowest BCUT2D eigenvalue weighted by Gasteiger charge is -2.07. The van der Waals surface area contributed by atoms with Crippen LogP contribution in [-0.2, 0) is 9.53 Å². The van der Waals surface area contributed by atoms with Gasteiger partial charge in [0.15, 0.2) is 5.82 Å². The Bertz CT molecular complexity index is 1000. The third-order valence-electron chi connectivity index (χ3n) is 3.98. The number of aromatic amines is 1. The Balaban J connectivity index is 1.54. The zero-order valence-electron chi connectivity index (χ0n) is 16.7. The van der Waals surface area contributed by atoms with Crippen LogP contribution in [-0.4, -0.2) is 46.5 Å². The van der Waals surface area contributed by atoms with E-state index in [4.69, 9.17) is 9.47 Å². The average molecular weight is 426 g/mol. The van der Waals surface area contributed by atoms with E-state index >= 15 is 0 Å². The molecule has 0 bridgehead atoms. The number of nitrogens with zero attached hydrogens (tertiary/aromatic N) is 2. The summed E-state index contributed by atoms with van der Waals surface area (Å²) in [5, 5.41) is 10.2. The first-order chi connectivity index (χ1) is 14.6. The molecule has 0 aliphatic carbocycles. The molecular formula is C21H22N4O4S. The standard InChI is InChI=1S/C21H22N4O4S/c1-3-11-29-20(27)15-5-4-6-16(12-15)22-18(26)13-30-21-23-19(24-25-21)14-7-9-17(28-2)10-8-14/h4-10,12H,3,11,13H2,1-2H3,(H,22,26)(H,23,24,25). The fraction of sp³-hybridized carbons (Fsp3) is 0.238. The van der Waals surface area contributed by atoms with Crippen LogP contribution in [0.1, 0.15) is 23.7 Å². The monoisotopic (exact) mass is 426 g/mol. The highest BCUT2D eigenvalue weighted by Gasteiger charge is 2.11. The number of esters is 1. The van der Waals surface area contributed by atoms with Gasteiger partial charge in [0.2, 0.25) is 11.1 Å². The number of hydrogen-bond donors (Lipinski definition) is 2. The molecule has 2 aromatic carbocycles. The van der Waals surface area contributed by atoms with Gasteiger partial charge in [-0.2, -0.15) is 0 Å². The van der Waals surface area contributed by atoms with Crippen LogP contribution in [0.25, 0.3) is 11.4 Å². The highest BCUT2D eigenvalue weighted by Crippen LogP contribution is 2.22. The van der Waals surface area contributed by atoms with E-state index in [1.807, 2.05) is 31.2 Å². The van der Waals surface area contributed by atoms with Gasteiger partial charge < -0.3 is 14.8 Å². The Hall–Kier alpha value is -3.33. The number of thioether (sulfide) groups is 1. The van der Waals surface area contributed by atoms with Gasteiger partial charge in [-0.1, -0.05) is 24.8 Å². The maximum atomic E-state index is 12.3. The highest BCUT2D eigenvalue weighted by atomic mass is 32.2. The Morgan fingerprint density at radius 2 is 1.97 bits per heavy atom. The van der Waals surface area contributed by atoms with E-state index < -0.39 is 5.97 Å². The lowest BCUT2D eigenvalue weighted by molar-refractivity contribution is -0.113. The van der Waals surface area contributed by atoms with Gasteiger partial charge in [0.25, 0.3) is 0 Å². The van der Waals surface area contributed by atoms with E-state index in [1.54, 1.807) is 31.4 Å². The van der Waals surface area contributed by atoms with Gasteiger partial charge in [0.1, 0.15) is 5.75 Å². The summed E-state index contributed by atoms with van der Waals surface area (Å²) in [6.45, 7) is 2.29. The average Bonchev–Trinajstić information content (AvgIpc) is 3.25. The van der Waals surface area contributed by atoms with Gasteiger partial charge in [-0.3, -0.25) is 9.89 Å². The van der Waals surface area contributed by atoms with E-state index in [2.05, 4.69) is 20.5 Å². The summed E-state index contributed by atoms with van der Waals surface area (Å²) in [5.74, 6) is 0.861. The molecule has 3 rings (SSSR count). The fourth-order valence-electron chi connectivity index (χ4n) is 2.52. The number of hydrogen-bond acceptors (Lipinski definition) is 7. The molecule has 0 saturated heterocycles. The molecule has 0 fully saturated rings. The summed E-state index contributed by atoms with van der Waals surface area (Å²) < 4.78 is 10.3. The molecule has 30 heavy (non-hydrogen) atoms. The minimum absolute atomic E-state index is 0.129. The van der Waals surface area contributed by atoms with Crippen LogP contribution in [0.4, 0.5) is 5.69 Å². The van der Waals surface area contributed by atoms with Crippen LogP contribution in [0, 0.1) is 0 Å². The topological polar surface area (TPSA) is 106 Å². The Morgan fingerprint density at radius 3 is 2.70 bits per heavy atom. The van der Waals surface area contributed by atoms with Gasteiger partial charge in [0, 0.05) is 11.3 Å². The number of rotatable bonds is 9. The number of methoxy groups -OCH3 is 1. The summed E-state index contributed by atoms with van der Waals surface area (Å²) in [6, 6.07) is 14.1. The van der Waals surface area contributed by atoms with Gasteiger partial charge in [-0.05, 0) is 48.9 Å². The molecule has 0 saturated carbocycles. The van der Waals surface area contributed by atoms with E-state index in [0.29, 0.717) is 28.8 Å². The lowest BCUT2D eigenvalue weighted by Crippen LogP contribution is -2.15. The zero-order valence-corrected chi connectivity index (χ0v) is 17.5. The molecule has 8 nitrogen and oxygen atoms in total. The van der Waals surface area contributed by atoms with E-state index in [9.17, 15) is 9.59 Å². The molecule has 1 heterocycles. The molecule has 3 aromatic rings. The Morgan fingerprint density at radius 1 is 1.17 bits per heavy atom. The first-order valence-corrected chi connectivity index (χ1v) is 10.3. The van der Waals surface area contributed by atoms with Crippen molar-refractivity contribution < 1.29 is 19.1 Å². The number of aromatic nitrogens is 3. The second kappa shape index (κ2) is 10.4. The van der Waals surface area contributed by atoms with Gasteiger partial charge in [0.05, 0.1) is 25.0 Å². The predicted octanol–water partition coefficient (Wildman–Crippen LogP) is 3.78. The first-order valence-electron chi connectivity index (χ1n) is 9.35. The van der Waals surface area contributed by atoms with Crippen LogP contribution >= 0.6 is 11.8 Å². The van der Waals surface area contributed by atoms with Crippen molar-refractivity contribution in [2.75, 3.05) is 24.8 Å². The van der Waals surface area contributed by atoms with Crippen molar-refractivity contribution in [1.29, 1.82) is 0 Å². The molecule has 1 aromatic heterocycles. The van der Waals surface area contributed by atoms with E-state index in [1.165, 1.54) is 11.8 Å². The molecule has 0 aliphatic heterocycles. The third-order valence-corrected chi connectivity index (χ3v) is 4.83. The molecule has 1 amide bonds. The highest BCUT2D eigenvalue weighted by molar-refractivity contribution is 7.99. The quantitative estimate of drug-likeness (QED) is 0.396. The zero-order chi connectivity index (χ0) is 21.3. The van der Waals surface area contributed by atoms with Gasteiger partial charge in [-0.15, -0.1) is 5.10 Å². The lowest BCUT2D eigenvalue weighted by atomic mass is 10.2. The summed E-state index contributed by atoms with van der Waals surface area (Å²) in [6.07, 6.45) is 0.751. The van der Waals surface area contributed by atoms with Crippen LogP contribution in [0.15, 0.2) is 53.7 Å². The second-order valence-electron chi connectivity index (χ2n) is 6.25. The molecule has 0 atom stereocenters. The maximum Gasteiger partial charge on any atom is 0.338 e. The summed E-state index contributed by atoms with van der Waals surface area (Å²) in [4.78, 5) is 28.6. The Kier molecular flexibility index (Phi) is 7.45. The van der Waals surface area contributed by atoms with Crippen molar-refractivity contribution in [3.8, 4) is 17.1 Å². The summed E-state index contributed by atoms with van der Waals surface area (Å²) >= 11 is 1.21. The van der Waals surface area contributed by atoms with Crippen molar-refractivity contribution >= 4 is 29.3 Å². The first kappa shape index (κ1) is 21.4. The minimum Gasteiger partial charge on any atom is -0.497 e. The molecular weight excluding hydrogens is 404 g/mol. The van der Waals surface area contributed by atoms with E-state index in [-0.39, 0.29) is 11.7 Å². The largest absolute Gasteiger partial charge is 0.497 e. The third kappa shape index (κ3) is 5.84. The number of carbonyl (C=O) groups excluding carboxylic acids is 2. The number of nitrogens with one attached hydrogen (secondary N) is 2. The molecule has 156 valence electrons. The number of anilines is 1. The van der Waals surface area contributed by atoms with Crippen LogP contribution < -0.4 is 10.1 Å². The molecule has 9 heteroatoms. The fourth-order valence-corrected chi connectivity index (χ4v) is 3.12. The predicted molar refractivity (Wildman–Crippen MR) is 115 cm³/mol. The smallest absolute Gasteiger partial charge is 0.338 e. The van der Waals surface area contributed by atoms with Crippen LogP contribution in [0.5, 0.6) is 5.75 Å². The molecule has 0 spiro atoms. The minimum atomic E-state index is -0.408. The Labute approximate surface area is 178 Å². The number of ether oxygens (including phenoxy) is 2. The molecule has 0 radical (unpaired) electrons. The van der Waals surface area contributed by atoms with Crippen LogP contribution in [0.2, 0.25) is 0 Å². The number of amides is 1. The normalized spacial score (nSPS) is 10.5. The van der Waals surface area contributed by atoms with Crippen molar-refractivity contribution in [2.24, 2.45) is 0 Å². The second-order valence-corrected chi connectivity index (χ2v) is 7.19. The van der Waals surface area contributed by atoms with Crippen molar-refractivity contribution in [2.45, 2.75) is 18.5 Å². The number of H-pyrrole nitrogens is 1. The maximum absolute atomic E-state index is 12.3. The number of carbonyl (C=O) groups is 2.